The predicted molar refractivity (Wildman–Crippen MR) is 99.4 cm³/mol. The van der Waals surface area contributed by atoms with Crippen molar-refractivity contribution in [3.63, 3.8) is 0 Å². The van der Waals surface area contributed by atoms with E-state index in [9.17, 15) is 44.0 Å². The van der Waals surface area contributed by atoms with E-state index in [-0.39, 0.29) is 6.42 Å². The number of phosphoric ester groups is 1. The van der Waals surface area contributed by atoms with Crippen LogP contribution in [0.3, 0.4) is 0 Å². The van der Waals surface area contributed by atoms with Crippen molar-refractivity contribution < 1.29 is 62.1 Å². The third-order valence-electron chi connectivity index (χ3n) is 3.29. The van der Waals surface area contributed by atoms with Gasteiger partial charge in [-0.25, -0.2) is 9.13 Å². The summed E-state index contributed by atoms with van der Waals surface area (Å²) >= 11 is 7.46. The molecule has 0 spiro atoms. The Morgan fingerprint density at radius 1 is 0.929 bits per heavy atom. The molecule has 0 aromatic heterocycles. The summed E-state index contributed by atoms with van der Waals surface area (Å²) in [6, 6.07) is 0. The maximum Gasteiger partial charge on any atom is 0.472 e. The second-order valence-electron chi connectivity index (χ2n) is 5.42. The lowest BCUT2D eigenvalue weighted by Crippen LogP contribution is -2.65. The fraction of sp³-hybridized carbons (Fsp3) is 0.800. The van der Waals surface area contributed by atoms with Gasteiger partial charge in [-0.15, -0.1) is 12.3 Å². The van der Waals surface area contributed by atoms with Gasteiger partial charge >= 0.3 is 21.3 Å². The van der Waals surface area contributed by atoms with Crippen molar-refractivity contribution in [1.29, 1.82) is 0 Å². The number of terminal acetylenes is 1. The molecule has 1 aliphatic carbocycles. The normalized spacial score (nSPS) is 35.5. The lowest BCUT2D eigenvalue weighted by molar-refractivity contribution is -0.209. The quantitative estimate of drug-likeness (QED) is 0.0787. The average Bonchev–Trinajstić information content (AvgIpc) is 2.51. The highest BCUT2D eigenvalue weighted by Crippen LogP contribution is 2.53. The number of hydrogen-bond donors (Lipinski definition) is 8. The summed E-state index contributed by atoms with van der Waals surface area (Å²) in [6.07, 6.45) is -7.91. The van der Waals surface area contributed by atoms with Crippen LogP contribution in [0.15, 0.2) is 0 Å². The Kier molecular flexibility index (Phi) is 9.75. The zero-order valence-corrected chi connectivity index (χ0v) is 18.1. The standard InChI is InChI=1S/C10H19O13P3S2/c1-2-3-4-20-24(14,15)21-8-5(11)6(12)9(22-25(16,17)27)10(7(8)13)23-26(18,19)28/h1,5-13H,3-4H2,(H,14,15)(H2,16,17,27)(H2,18,19,28)/t5-,6+,7+,8-,9-,10-/m1/s1. The van der Waals surface area contributed by atoms with Crippen molar-refractivity contribution in [2.75, 3.05) is 6.61 Å². The van der Waals surface area contributed by atoms with E-state index in [0.717, 1.165) is 0 Å². The van der Waals surface area contributed by atoms with Crippen molar-refractivity contribution in [1.82, 2.24) is 0 Å². The Balaban J connectivity index is 3.15. The fourth-order valence-corrected chi connectivity index (χ4v) is 4.95. The van der Waals surface area contributed by atoms with Gasteiger partial charge in [0.25, 0.3) is 0 Å². The molecule has 1 saturated carbocycles. The third kappa shape index (κ3) is 8.37. The summed E-state index contributed by atoms with van der Waals surface area (Å²) in [4.78, 5) is 37.5. The van der Waals surface area contributed by atoms with E-state index in [1.54, 1.807) is 0 Å². The molecule has 1 fully saturated rings. The minimum absolute atomic E-state index is 0.0705. The number of hydrogen-bond acceptors (Lipinski definition) is 10. The van der Waals surface area contributed by atoms with Crippen LogP contribution in [-0.4, -0.2) is 78.1 Å². The van der Waals surface area contributed by atoms with Gasteiger partial charge in [-0.1, -0.05) is 12.2 Å². The van der Waals surface area contributed by atoms with E-state index in [2.05, 4.69) is 48.1 Å². The van der Waals surface area contributed by atoms with Gasteiger partial charge in [0.2, 0.25) is 0 Å². The molecule has 1 aliphatic rings. The van der Waals surface area contributed by atoms with Crippen molar-refractivity contribution >= 4 is 45.4 Å². The first-order valence-corrected chi connectivity index (χ1v) is 14.0. The van der Waals surface area contributed by atoms with E-state index in [1.807, 2.05) is 0 Å². The minimum Gasteiger partial charge on any atom is -0.387 e. The number of rotatable bonds is 9. The predicted octanol–water partition coefficient (Wildman–Crippen LogP) is -1.38. The molecule has 0 saturated heterocycles. The van der Waals surface area contributed by atoms with Gasteiger partial charge in [0, 0.05) is 6.42 Å². The van der Waals surface area contributed by atoms with Crippen LogP contribution in [-0.2, 0) is 39.0 Å². The highest BCUT2D eigenvalue weighted by Gasteiger charge is 2.55. The first-order valence-electron chi connectivity index (χ1n) is 7.19. The van der Waals surface area contributed by atoms with E-state index in [0.29, 0.717) is 0 Å². The summed E-state index contributed by atoms with van der Waals surface area (Å²) in [5.41, 5.74) is 0. The van der Waals surface area contributed by atoms with Crippen LogP contribution in [0.5, 0.6) is 0 Å². The molecule has 28 heavy (non-hydrogen) atoms. The largest absolute Gasteiger partial charge is 0.472 e. The lowest BCUT2D eigenvalue weighted by atomic mass is 9.85. The van der Waals surface area contributed by atoms with Crippen molar-refractivity contribution in [3.8, 4) is 12.3 Å². The van der Waals surface area contributed by atoms with Crippen LogP contribution in [0.4, 0.5) is 0 Å². The molecule has 0 amide bonds. The molecule has 0 heterocycles. The van der Waals surface area contributed by atoms with Crippen molar-refractivity contribution in [2.45, 2.75) is 43.0 Å². The molecular weight excluding hydrogens is 485 g/mol. The minimum atomic E-state index is -4.92. The monoisotopic (exact) mass is 504 g/mol. The highest BCUT2D eigenvalue weighted by atomic mass is 32.7. The maximum absolute atomic E-state index is 11.9. The van der Waals surface area contributed by atoms with Crippen LogP contribution in [0, 0.1) is 12.3 Å². The van der Waals surface area contributed by atoms with Gasteiger partial charge < -0.3 is 34.9 Å². The smallest absolute Gasteiger partial charge is 0.387 e. The second-order valence-corrected chi connectivity index (χ2v) is 12.2. The van der Waals surface area contributed by atoms with Gasteiger partial charge in [0.15, 0.2) is 0 Å². The number of aliphatic hydroxyl groups is 3. The molecular formula is C10H19O13P3S2. The Labute approximate surface area is 169 Å². The van der Waals surface area contributed by atoms with Gasteiger partial charge in [-0.2, -0.15) is 0 Å². The zero-order valence-electron chi connectivity index (χ0n) is 13.7. The molecule has 0 aromatic carbocycles. The lowest BCUT2D eigenvalue weighted by Gasteiger charge is -2.45. The topological polar surface area (TPSA) is 213 Å². The van der Waals surface area contributed by atoms with Crippen LogP contribution in [0.2, 0.25) is 0 Å². The molecule has 0 bridgehead atoms. The molecule has 0 aliphatic heterocycles. The van der Waals surface area contributed by atoms with Gasteiger partial charge in [0.1, 0.15) is 36.6 Å². The third-order valence-corrected chi connectivity index (χ3v) is 5.89. The van der Waals surface area contributed by atoms with Crippen LogP contribution in [0.1, 0.15) is 6.42 Å². The van der Waals surface area contributed by atoms with E-state index >= 15 is 0 Å². The van der Waals surface area contributed by atoms with Crippen LogP contribution in [0.25, 0.3) is 0 Å². The summed E-state index contributed by atoms with van der Waals surface area (Å²) in [7, 11) is -4.92. The van der Waals surface area contributed by atoms with Crippen LogP contribution < -0.4 is 0 Å². The number of phosphoric acid groups is 1. The molecule has 2 unspecified atom stereocenters. The molecule has 0 radical (unpaired) electrons. The zero-order chi connectivity index (χ0) is 21.9. The molecule has 18 heteroatoms. The molecule has 13 nitrogen and oxygen atoms in total. The molecule has 7 N–H and O–H groups in total. The summed E-state index contributed by atoms with van der Waals surface area (Å²) in [5, 5.41) is 30.5. The van der Waals surface area contributed by atoms with E-state index in [4.69, 9.17) is 6.42 Å². The molecule has 0 aromatic rings. The van der Waals surface area contributed by atoms with Gasteiger partial charge in [-0.05, 0) is 11.8 Å². The SMILES string of the molecule is C#CCCOP(=O)(O)O[C@@H]1[C@H](O)[C@H](O)[C@@H](OP(O)(O)=S)[C@H](OP(=O)(O)S)[C@H]1O. The van der Waals surface area contributed by atoms with Crippen molar-refractivity contribution in [2.24, 2.45) is 0 Å². The van der Waals surface area contributed by atoms with Gasteiger partial charge in [-0.3, -0.25) is 18.1 Å². The summed E-state index contributed by atoms with van der Waals surface area (Å²) in [6.45, 7) is -9.62. The highest BCUT2D eigenvalue weighted by molar-refractivity contribution is 8.44. The van der Waals surface area contributed by atoms with Crippen molar-refractivity contribution in [3.05, 3.63) is 0 Å². The first-order chi connectivity index (χ1) is 12.6. The Morgan fingerprint density at radius 2 is 1.43 bits per heavy atom. The van der Waals surface area contributed by atoms with Crippen LogP contribution >= 0.6 is 33.6 Å². The number of thiol groups is 1. The van der Waals surface area contributed by atoms with E-state index < -0.39 is 64.6 Å². The molecule has 1 rings (SSSR count). The maximum atomic E-state index is 11.9. The summed E-state index contributed by atoms with van der Waals surface area (Å²) in [5.74, 6) is 2.12. The summed E-state index contributed by atoms with van der Waals surface area (Å²) < 4.78 is 41.7. The Hall–Kier alpha value is 0.580. The molecule has 8 atom stereocenters. The Morgan fingerprint density at radius 3 is 1.89 bits per heavy atom. The molecule has 164 valence electrons. The Bertz CT molecular complexity index is 716. The van der Waals surface area contributed by atoms with Gasteiger partial charge in [0.05, 0.1) is 6.61 Å². The fourth-order valence-electron chi connectivity index (χ4n) is 2.26. The average molecular weight is 504 g/mol. The first kappa shape index (κ1) is 26.6. The second kappa shape index (κ2) is 10.3. The van der Waals surface area contributed by atoms with E-state index in [1.165, 1.54) is 0 Å². The number of aliphatic hydroxyl groups excluding tert-OH is 3.